The van der Waals surface area contributed by atoms with Crippen molar-refractivity contribution in [3.8, 4) is 0 Å². The first-order valence-electron chi connectivity index (χ1n) is 10.0. The molecule has 0 aliphatic rings. The maximum absolute atomic E-state index is 13.4. The lowest BCUT2D eigenvalue weighted by atomic mass is 10.0. The lowest BCUT2D eigenvalue weighted by Gasteiger charge is -2.22. The summed E-state index contributed by atoms with van der Waals surface area (Å²) in [5.41, 5.74) is -5.41. The number of nitrogens with zero attached hydrogens (tertiary/aromatic N) is 1. The van der Waals surface area contributed by atoms with Crippen molar-refractivity contribution in [2.75, 3.05) is 11.1 Å². The minimum Gasteiger partial charge on any atom is -0.433 e. The van der Waals surface area contributed by atoms with Crippen LogP contribution in [0.2, 0.25) is 1.41 Å². The Morgan fingerprint density at radius 1 is 1.29 bits per heavy atom. The minimum atomic E-state index is -4.98. The molecule has 0 aromatic heterocycles. The fraction of sp³-hybridized carbons (Fsp3) is 0.300. The third-order valence-electron chi connectivity index (χ3n) is 4.49. The number of alkyl halides is 3. The Morgan fingerprint density at radius 3 is 2.48 bits per heavy atom. The molecule has 166 valence electrons. The number of carbonyl (C=O) groups is 1. The Balaban J connectivity index is 2.57. The summed E-state index contributed by atoms with van der Waals surface area (Å²) >= 11 is 0. The molecule has 0 saturated carbocycles. The molecule has 6 nitrogen and oxygen atoms in total. The van der Waals surface area contributed by atoms with Crippen LogP contribution in [0.5, 0.6) is 0 Å². The molecule has 2 aromatic carbocycles. The predicted molar refractivity (Wildman–Crippen MR) is 106 cm³/mol. The van der Waals surface area contributed by atoms with Crippen LogP contribution in [0.15, 0.2) is 41.3 Å². The van der Waals surface area contributed by atoms with Crippen LogP contribution in [-0.4, -0.2) is 33.7 Å². The molecule has 0 heterocycles. The SMILES string of the molecule is [2H]N(C(=O)C(CC)(CS(=O)(=O)c1ccc(F)cc1C)[O+]([2H])[2H])c1ccc([N+]#[C-])c(C(F)(F)F)c1. The van der Waals surface area contributed by atoms with Crippen LogP contribution < -0.4 is 5.31 Å². The number of hydrogen-bond acceptors (Lipinski definition) is 3. The second-order valence-corrected chi connectivity index (χ2v) is 8.70. The average molecular weight is 462 g/mol. The maximum atomic E-state index is 13.4. The first-order chi connectivity index (χ1) is 15.6. The van der Waals surface area contributed by atoms with Crippen LogP contribution in [0.25, 0.3) is 4.85 Å². The molecule has 3 N–H and O–H groups in total. The first-order valence-corrected chi connectivity index (χ1v) is 10.4. The quantitative estimate of drug-likeness (QED) is 0.292. The summed E-state index contributed by atoms with van der Waals surface area (Å²) in [5, 5.41) is 0.699. The van der Waals surface area contributed by atoms with E-state index in [0.717, 1.165) is 35.4 Å². The van der Waals surface area contributed by atoms with Gasteiger partial charge in [-0.05, 0) is 42.8 Å². The smallest absolute Gasteiger partial charge is 0.433 e. The number of rotatable bonds is 7. The molecule has 0 aliphatic heterocycles. The molecular weight excluding hydrogens is 440 g/mol. The van der Waals surface area contributed by atoms with Gasteiger partial charge in [0.2, 0.25) is 0 Å². The number of carbonyl (C=O) groups excluding carboxylic acids is 1. The molecular formula is C20H19F4N2O4S+. The van der Waals surface area contributed by atoms with Gasteiger partial charge >= 0.3 is 14.9 Å². The molecule has 1 atom stereocenters. The largest absolute Gasteiger partial charge is 0.488 e. The summed E-state index contributed by atoms with van der Waals surface area (Å²) < 4.78 is 103. The average Bonchev–Trinajstić information content (AvgIpc) is 2.74. The van der Waals surface area contributed by atoms with E-state index in [-0.39, 0.29) is 15.8 Å². The van der Waals surface area contributed by atoms with Crippen LogP contribution in [-0.2, 0) is 20.8 Å². The minimum absolute atomic E-state index is 0.00348. The summed E-state index contributed by atoms with van der Waals surface area (Å²) in [7, 11) is -4.45. The van der Waals surface area contributed by atoms with Gasteiger partial charge in [0.15, 0.2) is 16.9 Å². The molecule has 31 heavy (non-hydrogen) atoms. The van der Waals surface area contributed by atoms with Crippen LogP contribution >= 0.6 is 0 Å². The van der Waals surface area contributed by atoms with Crippen LogP contribution in [0.3, 0.4) is 0 Å². The highest BCUT2D eigenvalue weighted by molar-refractivity contribution is 7.91. The van der Waals surface area contributed by atoms with Crippen molar-refractivity contribution in [1.29, 1.82) is 2.86 Å². The zero-order chi connectivity index (χ0) is 26.1. The molecule has 0 saturated heterocycles. The lowest BCUT2D eigenvalue weighted by molar-refractivity contribution is -0.137. The van der Waals surface area contributed by atoms with Crippen molar-refractivity contribution < 1.29 is 37.3 Å². The summed E-state index contributed by atoms with van der Waals surface area (Å²) in [5.74, 6) is -3.41. The highest BCUT2D eigenvalue weighted by atomic mass is 32.2. The van der Waals surface area contributed by atoms with E-state index in [0.29, 0.717) is 6.07 Å². The van der Waals surface area contributed by atoms with Gasteiger partial charge < -0.3 is 10.4 Å². The lowest BCUT2D eigenvalue weighted by Crippen LogP contribution is -2.48. The number of amides is 1. The highest BCUT2D eigenvalue weighted by Crippen LogP contribution is 2.38. The molecule has 1 unspecified atom stereocenters. The number of halogens is 4. The summed E-state index contributed by atoms with van der Waals surface area (Å²) in [6.07, 6.45) is -5.48. The van der Waals surface area contributed by atoms with Crippen molar-refractivity contribution in [2.24, 2.45) is 0 Å². The number of hydrogen-bond donors (Lipinski definition) is 1. The van der Waals surface area contributed by atoms with E-state index in [1.54, 1.807) is 0 Å². The molecule has 2 aromatic rings. The number of anilines is 1. The number of nitrogens with one attached hydrogen (secondary N) is 1. The van der Waals surface area contributed by atoms with E-state index >= 15 is 0 Å². The zero-order valence-corrected chi connectivity index (χ0v) is 17.1. The Bertz CT molecular complexity index is 1250. The van der Waals surface area contributed by atoms with Crippen LogP contribution in [0.4, 0.5) is 28.9 Å². The maximum Gasteiger partial charge on any atom is 0.488 e. The van der Waals surface area contributed by atoms with E-state index in [2.05, 4.69) is 4.85 Å². The Kier molecular flexibility index (Phi) is 5.57. The molecule has 1 amide bonds. The summed E-state index contributed by atoms with van der Waals surface area (Å²) in [4.78, 5) is 15.6. The molecule has 0 fully saturated rings. The van der Waals surface area contributed by atoms with Crippen molar-refractivity contribution in [2.45, 2.75) is 36.9 Å². The van der Waals surface area contributed by atoms with Crippen molar-refractivity contribution in [3.05, 3.63) is 64.8 Å². The Labute approximate surface area is 180 Å². The molecule has 0 radical (unpaired) electrons. The number of sulfone groups is 1. The third-order valence-corrected chi connectivity index (χ3v) is 6.47. The van der Waals surface area contributed by atoms with Gasteiger partial charge in [-0.2, -0.15) is 13.2 Å². The van der Waals surface area contributed by atoms with Gasteiger partial charge in [-0.15, -0.1) is 0 Å². The number of aryl methyl sites for hydroxylation is 1. The van der Waals surface area contributed by atoms with E-state index < -0.39 is 62.5 Å². The van der Waals surface area contributed by atoms with Gasteiger partial charge in [-0.25, -0.2) is 17.7 Å². The standard InChI is InChI=1S/C20H18F4N2O4S/c1-4-19(28,11-31(29,30)17-8-5-13(21)9-12(17)2)18(27)26-14-6-7-16(25-3)15(10-14)20(22,23)24/h5-10,28H,4,11H2,1-2H3,(H,26,27)/p+1/i28D/hD2. The van der Waals surface area contributed by atoms with E-state index in [9.17, 15) is 30.8 Å². The molecule has 0 spiro atoms. The Hall–Kier alpha value is -2.97. The van der Waals surface area contributed by atoms with Gasteiger partial charge in [0.1, 0.15) is 11.6 Å². The topological polar surface area (TPSA) is 90.5 Å². The monoisotopic (exact) mass is 462 g/mol. The second kappa shape index (κ2) is 8.64. The molecule has 11 heteroatoms. The van der Waals surface area contributed by atoms with E-state index in [4.69, 9.17) is 10.8 Å². The third kappa shape index (κ3) is 5.39. The zero-order valence-electron chi connectivity index (χ0n) is 19.3. The van der Waals surface area contributed by atoms with Gasteiger partial charge in [0.25, 0.3) is 5.60 Å². The van der Waals surface area contributed by atoms with Crippen molar-refractivity contribution >= 4 is 27.1 Å². The van der Waals surface area contributed by atoms with E-state index in [1.165, 1.54) is 13.8 Å². The number of benzene rings is 2. The molecule has 0 bridgehead atoms. The van der Waals surface area contributed by atoms with E-state index in [1.807, 2.05) is 0 Å². The van der Waals surface area contributed by atoms with Crippen molar-refractivity contribution in [3.63, 3.8) is 0 Å². The van der Waals surface area contributed by atoms with Gasteiger partial charge in [-0.3, -0.25) is 4.79 Å². The fourth-order valence-corrected chi connectivity index (χ4v) is 4.72. The first kappa shape index (κ1) is 20.0. The predicted octanol–water partition coefficient (Wildman–Crippen LogP) is 3.99. The van der Waals surface area contributed by atoms with Crippen molar-refractivity contribution in [1.82, 2.24) is 0 Å². The summed E-state index contributed by atoms with van der Waals surface area (Å²) in [6, 6.07) is 4.76. The van der Waals surface area contributed by atoms with Crippen LogP contribution in [0.1, 0.15) is 24.5 Å². The second-order valence-electron chi connectivity index (χ2n) is 6.74. The van der Waals surface area contributed by atoms with Gasteiger partial charge in [0.05, 0.1) is 17.0 Å². The van der Waals surface area contributed by atoms with Crippen LogP contribution in [0, 0.1) is 19.3 Å². The molecule has 0 aliphatic carbocycles. The van der Waals surface area contributed by atoms with Gasteiger partial charge in [0, 0.05) is 12.1 Å². The highest BCUT2D eigenvalue weighted by Gasteiger charge is 2.45. The Morgan fingerprint density at radius 2 is 1.97 bits per heavy atom. The fourth-order valence-electron chi connectivity index (χ4n) is 2.80. The normalized spacial score (nSPS) is 15.4. The molecule has 2 rings (SSSR count). The van der Waals surface area contributed by atoms with Gasteiger partial charge in [-0.1, -0.05) is 13.0 Å². The summed E-state index contributed by atoms with van der Waals surface area (Å²) in [6.45, 7) is 9.42.